The molecule has 1 aromatic carbocycles. The van der Waals surface area contributed by atoms with E-state index in [0.717, 1.165) is 11.1 Å². The molecule has 3 aromatic rings. The van der Waals surface area contributed by atoms with Crippen LogP contribution in [0, 0.1) is 17.8 Å². The molecule has 0 aliphatic carbocycles. The molecule has 0 amide bonds. The second kappa shape index (κ2) is 7.57. The fourth-order valence-electron chi connectivity index (χ4n) is 3.83. The average Bonchev–Trinajstić information content (AvgIpc) is 3.20. The number of amidine groups is 1. The van der Waals surface area contributed by atoms with Gasteiger partial charge in [-0.15, -0.1) is 0 Å². The van der Waals surface area contributed by atoms with Crippen molar-refractivity contribution >= 4 is 6.02 Å². The van der Waals surface area contributed by atoms with Gasteiger partial charge < -0.3 is 19.9 Å². The van der Waals surface area contributed by atoms with Crippen LogP contribution in [-0.2, 0) is 15.0 Å². The zero-order chi connectivity index (χ0) is 23.2. The predicted octanol–water partition coefficient (Wildman–Crippen LogP) is 3.75. The second-order valence-electron chi connectivity index (χ2n) is 8.32. The minimum atomic E-state index is -0.962. The molecule has 33 heavy (non-hydrogen) atoms. The molecule has 0 saturated carbocycles. The van der Waals surface area contributed by atoms with E-state index < -0.39 is 17.1 Å². The van der Waals surface area contributed by atoms with Crippen LogP contribution in [0.3, 0.4) is 0 Å². The normalized spacial score (nSPS) is 18.4. The molecule has 1 spiro atoms. The lowest BCUT2D eigenvalue weighted by Gasteiger charge is -2.33. The molecule has 2 aliphatic heterocycles. The molecule has 0 radical (unpaired) electrons. The summed E-state index contributed by atoms with van der Waals surface area (Å²) in [6.07, 6.45) is 3.07. The molecule has 5 rings (SSSR count). The summed E-state index contributed by atoms with van der Waals surface area (Å²) in [4.78, 5) is 12.8. The minimum absolute atomic E-state index is 0.0752. The first-order chi connectivity index (χ1) is 15.8. The van der Waals surface area contributed by atoms with Crippen LogP contribution >= 0.6 is 0 Å². The number of fused-ring (bicyclic) bond motifs is 4. The first-order valence-corrected chi connectivity index (χ1v) is 10.3. The van der Waals surface area contributed by atoms with Gasteiger partial charge in [0, 0.05) is 36.7 Å². The van der Waals surface area contributed by atoms with Crippen LogP contribution in [0.4, 0.5) is 4.39 Å². The molecule has 0 unspecified atom stereocenters. The third-order valence-corrected chi connectivity index (χ3v) is 5.74. The summed E-state index contributed by atoms with van der Waals surface area (Å²) in [7, 11) is 1.61. The summed E-state index contributed by atoms with van der Waals surface area (Å²) >= 11 is 0. The second-order valence-corrected chi connectivity index (χ2v) is 8.32. The van der Waals surface area contributed by atoms with Gasteiger partial charge in [-0.05, 0) is 49.2 Å². The van der Waals surface area contributed by atoms with Gasteiger partial charge in [0.05, 0.1) is 5.56 Å². The van der Waals surface area contributed by atoms with Crippen LogP contribution in [0.1, 0.15) is 30.5 Å². The summed E-state index contributed by atoms with van der Waals surface area (Å²) in [5.41, 5.74) is 7.97. The van der Waals surface area contributed by atoms with Crippen molar-refractivity contribution in [3.05, 3.63) is 71.4 Å². The molecule has 8 heteroatoms. The molecule has 4 heterocycles. The molecule has 166 valence electrons. The Morgan fingerprint density at radius 3 is 2.67 bits per heavy atom. The number of hydrogen-bond donors (Lipinski definition) is 1. The van der Waals surface area contributed by atoms with Gasteiger partial charge in [-0.2, -0.15) is 4.39 Å². The van der Waals surface area contributed by atoms with Gasteiger partial charge in [-0.3, -0.25) is 0 Å². The largest absolute Gasteiger partial charge is 0.462 e. The first-order valence-electron chi connectivity index (χ1n) is 10.3. The van der Waals surface area contributed by atoms with Gasteiger partial charge in [0.2, 0.25) is 11.8 Å². The van der Waals surface area contributed by atoms with Crippen molar-refractivity contribution in [1.29, 1.82) is 0 Å². The lowest BCUT2D eigenvalue weighted by Crippen LogP contribution is -2.31. The van der Waals surface area contributed by atoms with E-state index in [1.807, 2.05) is 38.1 Å². The Morgan fingerprint density at radius 2 is 1.94 bits per heavy atom. The Balaban J connectivity index is 1.66. The van der Waals surface area contributed by atoms with Gasteiger partial charge in [-0.25, -0.2) is 15.0 Å². The van der Waals surface area contributed by atoms with E-state index in [0.29, 0.717) is 28.3 Å². The van der Waals surface area contributed by atoms with E-state index in [1.54, 1.807) is 19.4 Å². The zero-order valence-electron chi connectivity index (χ0n) is 18.3. The number of aromatic nitrogens is 2. The maximum Gasteiger partial charge on any atom is 0.283 e. The summed E-state index contributed by atoms with van der Waals surface area (Å²) in [5, 5.41) is 0. The fraction of sp³-hybridized carbons (Fsp3) is 0.240. The SMILES string of the molecule is COC(C)(C)C#Cc1cnc2c(c1)[C@]1(COC(N)=N1)c1cc(-c3ccnc(F)c3)ccc1O2. The summed E-state index contributed by atoms with van der Waals surface area (Å²) in [6, 6.07) is 10.6. The molecule has 0 saturated heterocycles. The monoisotopic (exact) mass is 444 g/mol. The number of nitrogens with zero attached hydrogens (tertiary/aromatic N) is 3. The van der Waals surface area contributed by atoms with Crippen molar-refractivity contribution in [3.8, 4) is 34.6 Å². The van der Waals surface area contributed by atoms with Crippen molar-refractivity contribution in [2.45, 2.75) is 25.0 Å². The first kappa shape index (κ1) is 20.9. The quantitative estimate of drug-likeness (QED) is 0.478. The van der Waals surface area contributed by atoms with Gasteiger partial charge in [-0.1, -0.05) is 17.9 Å². The van der Waals surface area contributed by atoms with Gasteiger partial charge in [0.15, 0.2) is 5.54 Å². The number of aliphatic imine (C=N–C) groups is 1. The molecular weight excluding hydrogens is 423 g/mol. The zero-order valence-corrected chi connectivity index (χ0v) is 18.3. The molecule has 0 bridgehead atoms. The van der Waals surface area contributed by atoms with Crippen molar-refractivity contribution < 1.29 is 18.6 Å². The number of rotatable bonds is 2. The molecule has 7 nitrogen and oxygen atoms in total. The van der Waals surface area contributed by atoms with Crippen molar-refractivity contribution in [2.24, 2.45) is 10.7 Å². The van der Waals surface area contributed by atoms with E-state index in [4.69, 9.17) is 19.9 Å². The van der Waals surface area contributed by atoms with Gasteiger partial charge >= 0.3 is 0 Å². The fourth-order valence-corrected chi connectivity index (χ4v) is 3.83. The standard InChI is InChI=1S/C25H21FN4O3/c1-24(2,31-3)8-6-15-10-19-22(29-13-15)33-20-5-4-16(17-7-9-28-21(26)12-17)11-18(20)25(19)14-32-23(27)30-25/h4-5,7,9-13H,14H2,1-3H3,(H2,27,30)/t25-/m0/s1. The molecule has 2 N–H and O–H groups in total. The Morgan fingerprint density at radius 1 is 1.12 bits per heavy atom. The maximum absolute atomic E-state index is 13.7. The van der Waals surface area contributed by atoms with E-state index in [-0.39, 0.29) is 12.6 Å². The van der Waals surface area contributed by atoms with E-state index >= 15 is 0 Å². The third-order valence-electron chi connectivity index (χ3n) is 5.74. The molecule has 2 aliphatic rings. The van der Waals surface area contributed by atoms with Crippen LogP contribution in [0.2, 0.25) is 0 Å². The Labute approximate surface area is 190 Å². The van der Waals surface area contributed by atoms with Crippen molar-refractivity contribution in [2.75, 3.05) is 13.7 Å². The predicted molar refractivity (Wildman–Crippen MR) is 120 cm³/mol. The van der Waals surface area contributed by atoms with Crippen LogP contribution in [0.25, 0.3) is 11.1 Å². The molecule has 2 aromatic heterocycles. The number of methoxy groups -OCH3 is 1. The third kappa shape index (κ3) is 3.66. The number of ether oxygens (including phenoxy) is 3. The number of nitrogens with two attached hydrogens (primary N) is 1. The van der Waals surface area contributed by atoms with E-state index in [9.17, 15) is 4.39 Å². The Kier molecular flexibility index (Phi) is 4.80. The highest BCUT2D eigenvalue weighted by Crippen LogP contribution is 2.51. The molecule has 0 fully saturated rings. The van der Waals surface area contributed by atoms with Crippen molar-refractivity contribution in [1.82, 2.24) is 9.97 Å². The van der Waals surface area contributed by atoms with Crippen LogP contribution in [0.15, 0.2) is 53.8 Å². The van der Waals surface area contributed by atoms with E-state index in [2.05, 4.69) is 26.8 Å². The Bertz CT molecular complexity index is 1360. The smallest absolute Gasteiger partial charge is 0.283 e. The lowest BCUT2D eigenvalue weighted by atomic mass is 9.81. The van der Waals surface area contributed by atoms with Gasteiger partial charge in [0.25, 0.3) is 6.02 Å². The Hall–Kier alpha value is -3.96. The van der Waals surface area contributed by atoms with Crippen LogP contribution < -0.4 is 10.5 Å². The van der Waals surface area contributed by atoms with Gasteiger partial charge in [0.1, 0.15) is 18.0 Å². The summed E-state index contributed by atoms with van der Waals surface area (Å²) < 4.78 is 30.8. The molecular formula is C25H21FN4O3. The molecule has 1 atom stereocenters. The highest BCUT2D eigenvalue weighted by Gasteiger charge is 2.47. The number of pyridine rings is 2. The number of benzene rings is 1. The van der Waals surface area contributed by atoms with Crippen LogP contribution in [0.5, 0.6) is 11.6 Å². The maximum atomic E-state index is 13.7. The van der Waals surface area contributed by atoms with E-state index in [1.165, 1.54) is 12.3 Å². The summed E-state index contributed by atoms with van der Waals surface area (Å²) in [6.45, 7) is 3.94. The minimum Gasteiger partial charge on any atom is -0.462 e. The average molecular weight is 444 g/mol. The van der Waals surface area contributed by atoms with Crippen molar-refractivity contribution in [3.63, 3.8) is 0 Å². The summed E-state index contributed by atoms with van der Waals surface area (Å²) in [5.74, 6) is 6.63. The number of halogens is 1. The number of hydrogen-bond acceptors (Lipinski definition) is 7. The highest BCUT2D eigenvalue weighted by molar-refractivity contribution is 5.77. The van der Waals surface area contributed by atoms with Crippen LogP contribution in [-0.4, -0.2) is 35.3 Å². The topological polar surface area (TPSA) is 91.9 Å². The highest BCUT2D eigenvalue weighted by atomic mass is 19.1. The lowest BCUT2D eigenvalue weighted by molar-refractivity contribution is 0.0741.